The Morgan fingerprint density at radius 3 is 2.27 bits per heavy atom. The van der Waals surface area contributed by atoms with Gasteiger partial charge in [-0.1, -0.05) is 6.92 Å². The lowest BCUT2D eigenvalue weighted by molar-refractivity contribution is -0.385. The van der Waals surface area contributed by atoms with Gasteiger partial charge < -0.3 is 9.47 Å². The van der Waals surface area contributed by atoms with Gasteiger partial charge in [-0.15, -0.1) is 0 Å². The molecule has 0 saturated carbocycles. The van der Waals surface area contributed by atoms with Crippen LogP contribution in [0.5, 0.6) is 11.5 Å². The minimum Gasteiger partial charge on any atom is -0.460 e. The van der Waals surface area contributed by atoms with E-state index in [9.17, 15) is 28.1 Å². The van der Waals surface area contributed by atoms with Crippen molar-refractivity contribution in [2.45, 2.75) is 26.4 Å². The molecule has 1 atom stereocenters. The third kappa shape index (κ3) is 5.47. The summed E-state index contributed by atoms with van der Waals surface area (Å²) in [7, 11) is 0. The van der Waals surface area contributed by atoms with Crippen LogP contribution in [0.1, 0.15) is 36.2 Å². The molecule has 0 N–H and O–H groups in total. The minimum atomic E-state index is -4.50. The molecule has 2 aromatic carbocycles. The van der Waals surface area contributed by atoms with Crippen molar-refractivity contribution in [2.75, 3.05) is 6.61 Å². The molecule has 0 spiro atoms. The SMILES string of the molecule is CCC(C)(C#N)COC(=O)c1cc(Oc2ccc(C(F)(F)F)cc2)ccc1[N+](=O)[O-]. The van der Waals surface area contributed by atoms with Gasteiger partial charge in [0.05, 0.1) is 22.0 Å². The standard InChI is InChI=1S/C20H17F3N2O5/c1-3-19(2,11-24)12-29-18(26)16-10-15(8-9-17(16)25(27)28)30-14-6-4-13(5-7-14)20(21,22)23/h4-10H,3,12H2,1-2H3. The number of nitriles is 1. The second kappa shape index (κ2) is 8.82. The maximum Gasteiger partial charge on any atom is 0.416 e. The van der Waals surface area contributed by atoms with Crippen molar-refractivity contribution >= 4 is 11.7 Å². The number of carbonyl (C=O) groups is 1. The molecule has 158 valence electrons. The zero-order valence-corrected chi connectivity index (χ0v) is 16.0. The van der Waals surface area contributed by atoms with Crippen molar-refractivity contribution < 1.29 is 32.4 Å². The molecule has 2 aromatic rings. The summed E-state index contributed by atoms with van der Waals surface area (Å²) in [6.45, 7) is 3.05. The predicted molar refractivity (Wildman–Crippen MR) is 98.9 cm³/mol. The lowest BCUT2D eigenvalue weighted by atomic mass is 9.91. The molecule has 0 bridgehead atoms. The van der Waals surface area contributed by atoms with E-state index in [4.69, 9.17) is 14.7 Å². The fourth-order valence-corrected chi connectivity index (χ4v) is 2.27. The predicted octanol–water partition coefficient (Wildman–Crippen LogP) is 5.50. The Labute approximate surface area is 169 Å². The second-order valence-corrected chi connectivity index (χ2v) is 6.66. The molecule has 0 aromatic heterocycles. The third-order valence-corrected chi connectivity index (χ3v) is 4.37. The summed E-state index contributed by atoms with van der Waals surface area (Å²) in [5, 5.41) is 20.4. The summed E-state index contributed by atoms with van der Waals surface area (Å²) in [5.41, 5.74) is -2.74. The van der Waals surface area contributed by atoms with Gasteiger partial charge in [0, 0.05) is 12.1 Å². The van der Waals surface area contributed by atoms with Gasteiger partial charge in [0.25, 0.3) is 5.69 Å². The maximum atomic E-state index is 12.6. The van der Waals surface area contributed by atoms with Gasteiger partial charge in [-0.3, -0.25) is 10.1 Å². The molecule has 1 unspecified atom stereocenters. The van der Waals surface area contributed by atoms with Crippen LogP contribution in [-0.2, 0) is 10.9 Å². The van der Waals surface area contributed by atoms with Crippen LogP contribution >= 0.6 is 0 Å². The Hall–Kier alpha value is -3.61. The van der Waals surface area contributed by atoms with Crippen molar-refractivity contribution in [3.63, 3.8) is 0 Å². The molecule has 30 heavy (non-hydrogen) atoms. The minimum absolute atomic E-state index is 0.00848. The van der Waals surface area contributed by atoms with Gasteiger partial charge in [-0.25, -0.2) is 4.79 Å². The first-order valence-electron chi connectivity index (χ1n) is 8.71. The fraction of sp³-hybridized carbons (Fsp3) is 0.300. The first-order valence-corrected chi connectivity index (χ1v) is 8.71. The van der Waals surface area contributed by atoms with E-state index in [1.54, 1.807) is 13.8 Å². The summed E-state index contributed by atoms with van der Waals surface area (Å²) < 4.78 is 48.4. The molecule has 0 heterocycles. The average Bonchev–Trinajstić information content (AvgIpc) is 2.71. The highest BCUT2D eigenvalue weighted by atomic mass is 19.4. The first-order chi connectivity index (χ1) is 14.0. The molecule has 0 aliphatic heterocycles. The van der Waals surface area contributed by atoms with Crippen LogP contribution in [0.25, 0.3) is 0 Å². The molecule has 0 radical (unpaired) electrons. The van der Waals surface area contributed by atoms with E-state index in [1.165, 1.54) is 6.07 Å². The van der Waals surface area contributed by atoms with E-state index in [-0.39, 0.29) is 18.1 Å². The Morgan fingerprint density at radius 1 is 1.17 bits per heavy atom. The summed E-state index contributed by atoms with van der Waals surface area (Å²) >= 11 is 0. The molecule has 0 aliphatic carbocycles. The third-order valence-electron chi connectivity index (χ3n) is 4.37. The number of alkyl halides is 3. The topological polar surface area (TPSA) is 102 Å². The first kappa shape index (κ1) is 22.7. The number of nitro groups is 1. The van der Waals surface area contributed by atoms with Crippen LogP contribution in [0.3, 0.4) is 0 Å². The highest BCUT2D eigenvalue weighted by molar-refractivity contribution is 5.94. The fourth-order valence-electron chi connectivity index (χ4n) is 2.27. The number of hydrogen-bond donors (Lipinski definition) is 0. The van der Waals surface area contributed by atoms with Crippen LogP contribution in [-0.4, -0.2) is 17.5 Å². The number of nitro benzene ring substituents is 1. The van der Waals surface area contributed by atoms with Crippen LogP contribution in [0.4, 0.5) is 18.9 Å². The Morgan fingerprint density at radius 2 is 1.77 bits per heavy atom. The number of benzene rings is 2. The van der Waals surface area contributed by atoms with E-state index in [0.29, 0.717) is 6.42 Å². The lowest BCUT2D eigenvalue weighted by Crippen LogP contribution is -2.23. The van der Waals surface area contributed by atoms with Gasteiger partial charge in [0.1, 0.15) is 23.7 Å². The Bertz CT molecular complexity index is 983. The average molecular weight is 422 g/mol. The normalized spacial score (nSPS) is 13.1. The number of esters is 1. The molecular formula is C20H17F3N2O5. The molecule has 0 aliphatic rings. The maximum absolute atomic E-state index is 12.6. The van der Waals surface area contributed by atoms with Gasteiger partial charge in [-0.05, 0) is 43.7 Å². The van der Waals surface area contributed by atoms with E-state index in [1.807, 2.05) is 6.07 Å². The number of hydrogen-bond acceptors (Lipinski definition) is 6. The molecule has 2 rings (SSSR count). The van der Waals surface area contributed by atoms with Crippen LogP contribution < -0.4 is 4.74 Å². The number of halogens is 3. The van der Waals surface area contributed by atoms with Crippen molar-refractivity contribution in [3.8, 4) is 17.6 Å². The van der Waals surface area contributed by atoms with Gasteiger partial charge in [-0.2, -0.15) is 18.4 Å². The van der Waals surface area contributed by atoms with Crippen molar-refractivity contribution in [3.05, 3.63) is 63.7 Å². The number of carbonyl (C=O) groups excluding carboxylic acids is 1. The van der Waals surface area contributed by atoms with Crippen molar-refractivity contribution in [1.29, 1.82) is 5.26 Å². The number of rotatable bonds is 7. The second-order valence-electron chi connectivity index (χ2n) is 6.66. The molecule has 7 nitrogen and oxygen atoms in total. The summed E-state index contributed by atoms with van der Waals surface area (Å²) in [6, 6.07) is 9.13. The van der Waals surface area contributed by atoms with Gasteiger partial charge >= 0.3 is 12.1 Å². The van der Waals surface area contributed by atoms with Crippen LogP contribution in [0.2, 0.25) is 0 Å². The Kier molecular flexibility index (Phi) is 6.66. The number of nitrogens with zero attached hydrogens (tertiary/aromatic N) is 2. The highest BCUT2D eigenvalue weighted by Crippen LogP contribution is 2.33. The quantitative estimate of drug-likeness (QED) is 0.331. The highest BCUT2D eigenvalue weighted by Gasteiger charge is 2.30. The van der Waals surface area contributed by atoms with E-state index < -0.39 is 39.3 Å². The monoisotopic (exact) mass is 422 g/mol. The van der Waals surface area contributed by atoms with Crippen LogP contribution in [0.15, 0.2) is 42.5 Å². The largest absolute Gasteiger partial charge is 0.460 e. The molecular weight excluding hydrogens is 405 g/mol. The van der Waals surface area contributed by atoms with E-state index in [2.05, 4.69) is 0 Å². The lowest BCUT2D eigenvalue weighted by Gasteiger charge is -2.18. The van der Waals surface area contributed by atoms with Crippen molar-refractivity contribution in [2.24, 2.45) is 5.41 Å². The van der Waals surface area contributed by atoms with Crippen molar-refractivity contribution in [1.82, 2.24) is 0 Å². The molecule has 0 saturated heterocycles. The summed E-state index contributed by atoms with van der Waals surface area (Å²) in [6.07, 6.45) is -4.10. The van der Waals surface area contributed by atoms with Gasteiger partial charge in [0.15, 0.2) is 0 Å². The zero-order valence-electron chi connectivity index (χ0n) is 16.0. The molecule has 0 amide bonds. The van der Waals surface area contributed by atoms with E-state index in [0.717, 1.165) is 36.4 Å². The summed E-state index contributed by atoms with van der Waals surface area (Å²) in [4.78, 5) is 22.9. The van der Waals surface area contributed by atoms with Gasteiger partial charge in [0.2, 0.25) is 0 Å². The zero-order chi connectivity index (χ0) is 22.5. The smallest absolute Gasteiger partial charge is 0.416 e. The molecule has 0 fully saturated rings. The Balaban J connectivity index is 2.26. The number of ether oxygens (including phenoxy) is 2. The van der Waals surface area contributed by atoms with Crippen LogP contribution in [0, 0.1) is 26.9 Å². The van der Waals surface area contributed by atoms with E-state index >= 15 is 0 Å². The summed E-state index contributed by atoms with van der Waals surface area (Å²) in [5.74, 6) is -0.987. The molecule has 10 heteroatoms.